The summed E-state index contributed by atoms with van der Waals surface area (Å²) < 4.78 is 5.84. The molecule has 5 nitrogen and oxygen atoms in total. The molecule has 5 N–H and O–H groups in total. The van der Waals surface area contributed by atoms with E-state index >= 15 is 0 Å². The van der Waals surface area contributed by atoms with Crippen LogP contribution in [-0.2, 0) is 16.6 Å². The lowest BCUT2D eigenvalue weighted by Gasteiger charge is -2.49. The van der Waals surface area contributed by atoms with Crippen LogP contribution in [0.2, 0.25) is 0 Å². The molecule has 0 aliphatic heterocycles. The number of carbonyl (C=O) groups excluding carboxylic acids is 1. The van der Waals surface area contributed by atoms with Crippen molar-refractivity contribution in [3.8, 4) is 0 Å². The topological polar surface area (TPSA) is 90.4 Å². The molecule has 2 rings (SSSR count). The number of methoxy groups -OCH3 is 1. The number of hydrogen-bond donors (Lipinski definition) is 3. The van der Waals surface area contributed by atoms with Crippen molar-refractivity contribution in [1.82, 2.24) is 5.32 Å². The van der Waals surface area contributed by atoms with Crippen LogP contribution in [0.3, 0.4) is 0 Å². The maximum absolute atomic E-state index is 11.7. The Bertz CT molecular complexity index is 570. The van der Waals surface area contributed by atoms with Crippen LogP contribution in [0.5, 0.6) is 0 Å². The molecule has 2 atom stereocenters. The second kappa shape index (κ2) is 8.10. The van der Waals surface area contributed by atoms with E-state index in [-0.39, 0.29) is 23.5 Å². The van der Waals surface area contributed by atoms with Gasteiger partial charge in [0, 0.05) is 30.6 Å². The highest BCUT2D eigenvalue weighted by Crippen LogP contribution is 2.44. The smallest absolute Gasteiger partial charge is 0.248 e. The van der Waals surface area contributed by atoms with Gasteiger partial charge in [-0.15, -0.1) is 0 Å². The van der Waals surface area contributed by atoms with E-state index in [0.717, 1.165) is 32.2 Å². The van der Waals surface area contributed by atoms with Crippen molar-refractivity contribution < 1.29 is 9.53 Å². The number of nitrogens with one attached hydrogen (secondary N) is 1. The van der Waals surface area contributed by atoms with Crippen molar-refractivity contribution >= 4 is 5.91 Å². The lowest BCUT2D eigenvalue weighted by Crippen LogP contribution is -2.59. The zero-order valence-corrected chi connectivity index (χ0v) is 15.1. The molecule has 1 amide bonds. The molecule has 0 heterocycles. The summed E-state index contributed by atoms with van der Waals surface area (Å²) in [5.74, 6) is -0.375. The number of benzene rings is 1. The molecule has 1 aliphatic rings. The fourth-order valence-electron chi connectivity index (χ4n) is 4.21. The molecule has 2 unspecified atom stereocenters. The summed E-state index contributed by atoms with van der Waals surface area (Å²) >= 11 is 0. The van der Waals surface area contributed by atoms with E-state index in [9.17, 15) is 4.79 Å². The quantitative estimate of drug-likeness (QED) is 0.632. The summed E-state index contributed by atoms with van der Waals surface area (Å²) in [6.07, 6.45) is 3.82. The zero-order chi connectivity index (χ0) is 17.7. The van der Waals surface area contributed by atoms with Gasteiger partial charge in [0.15, 0.2) is 0 Å². The van der Waals surface area contributed by atoms with Gasteiger partial charge < -0.3 is 21.5 Å². The fourth-order valence-corrected chi connectivity index (χ4v) is 4.21. The van der Waals surface area contributed by atoms with Gasteiger partial charge in [-0.05, 0) is 55.6 Å². The van der Waals surface area contributed by atoms with Gasteiger partial charge in [-0.3, -0.25) is 4.79 Å². The molecule has 0 saturated heterocycles. The normalized spacial score (nSPS) is 22.2. The Kier molecular flexibility index (Phi) is 6.38. The number of rotatable bonds is 8. The number of carbonyl (C=O) groups is 1. The third kappa shape index (κ3) is 3.34. The molecule has 0 saturated carbocycles. The number of amides is 1. The molecule has 0 fully saturated rings. The van der Waals surface area contributed by atoms with E-state index in [1.54, 1.807) is 7.11 Å². The van der Waals surface area contributed by atoms with Crippen LogP contribution in [0.4, 0.5) is 0 Å². The summed E-state index contributed by atoms with van der Waals surface area (Å²) in [6.45, 7) is 5.96. The second-order valence-corrected chi connectivity index (χ2v) is 6.65. The number of hydrogen-bond acceptors (Lipinski definition) is 4. The monoisotopic (exact) mass is 333 g/mol. The molecule has 0 radical (unpaired) electrons. The van der Waals surface area contributed by atoms with E-state index in [2.05, 4.69) is 19.2 Å². The van der Waals surface area contributed by atoms with Crippen molar-refractivity contribution in [1.29, 1.82) is 0 Å². The molecule has 0 aromatic heterocycles. The molecule has 5 heteroatoms. The SMILES string of the molecule is CCC1(CC)c2cc(C(N)=O)ccc2CC(OC)C1NCCCN. The Morgan fingerprint density at radius 1 is 1.38 bits per heavy atom. The van der Waals surface area contributed by atoms with Crippen molar-refractivity contribution in [2.24, 2.45) is 11.5 Å². The number of fused-ring (bicyclic) bond motifs is 1. The van der Waals surface area contributed by atoms with Crippen LogP contribution < -0.4 is 16.8 Å². The standard InChI is InChI=1S/C19H31N3O2/c1-4-19(5-2)15-11-14(18(21)23)8-7-13(15)12-16(24-3)17(19)22-10-6-9-20/h7-8,11,16-17,22H,4-6,9-10,12,20H2,1-3H3,(H2,21,23). The van der Waals surface area contributed by atoms with E-state index in [0.29, 0.717) is 12.1 Å². The summed E-state index contributed by atoms with van der Waals surface area (Å²) in [7, 11) is 1.78. The van der Waals surface area contributed by atoms with Crippen LogP contribution >= 0.6 is 0 Å². The average molecular weight is 333 g/mol. The number of nitrogens with two attached hydrogens (primary N) is 2. The van der Waals surface area contributed by atoms with Crippen LogP contribution in [0.25, 0.3) is 0 Å². The number of ether oxygens (including phenoxy) is 1. The molecule has 0 spiro atoms. The largest absolute Gasteiger partial charge is 0.379 e. The first-order valence-corrected chi connectivity index (χ1v) is 8.93. The maximum atomic E-state index is 11.7. The van der Waals surface area contributed by atoms with Crippen molar-refractivity contribution in [2.45, 2.75) is 57.1 Å². The first-order valence-electron chi connectivity index (χ1n) is 8.93. The van der Waals surface area contributed by atoms with Gasteiger partial charge in [0.05, 0.1) is 6.10 Å². The van der Waals surface area contributed by atoms with Gasteiger partial charge in [0.1, 0.15) is 0 Å². The minimum atomic E-state index is -0.375. The summed E-state index contributed by atoms with van der Waals surface area (Å²) in [5.41, 5.74) is 14.2. The Labute approximate surface area is 145 Å². The van der Waals surface area contributed by atoms with Crippen LogP contribution in [0.1, 0.15) is 54.6 Å². The average Bonchev–Trinajstić information content (AvgIpc) is 2.60. The summed E-state index contributed by atoms with van der Waals surface area (Å²) in [6, 6.07) is 6.05. The van der Waals surface area contributed by atoms with Gasteiger partial charge >= 0.3 is 0 Å². The van der Waals surface area contributed by atoms with Crippen LogP contribution in [-0.4, -0.2) is 38.3 Å². The molecule has 1 aromatic carbocycles. The Balaban J connectivity index is 2.51. The predicted octanol–water partition coefficient (Wildman–Crippen LogP) is 1.72. The highest BCUT2D eigenvalue weighted by atomic mass is 16.5. The van der Waals surface area contributed by atoms with Crippen molar-refractivity contribution in [2.75, 3.05) is 20.2 Å². The first kappa shape index (κ1) is 18.9. The highest BCUT2D eigenvalue weighted by molar-refractivity contribution is 5.93. The Morgan fingerprint density at radius 3 is 2.62 bits per heavy atom. The molecular formula is C19H31N3O2. The van der Waals surface area contributed by atoms with Gasteiger partial charge in [-0.2, -0.15) is 0 Å². The zero-order valence-electron chi connectivity index (χ0n) is 15.1. The first-order chi connectivity index (χ1) is 11.5. The summed E-state index contributed by atoms with van der Waals surface area (Å²) in [5, 5.41) is 3.68. The van der Waals surface area contributed by atoms with E-state index in [4.69, 9.17) is 16.2 Å². The molecule has 0 bridgehead atoms. The van der Waals surface area contributed by atoms with Gasteiger partial charge in [-0.25, -0.2) is 0 Å². The molecule has 1 aromatic rings. The van der Waals surface area contributed by atoms with Crippen molar-refractivity contribution in [3.63, 3.8) is 0 Å². The third-order valence-corrected chi connectivity index (χ3v) is 5.63. The Hall–Kier alpha value is -1.43. The molecule has 134 valence electrons. The number of primary amides is 1. The van der Waals surface area contributed by atoms with Gasteiger partial charge in [-0.1, -0.05) is 19.9 Å². The van der Waals surface area contributed by atoms with Crippen molar-refractivity contribution in [3.05, 3.63) is 34.9 Å². The van der Waals surface area contributed by atoms with E-state index < -0.39 is 0 Å². The molecule has 24 heavy (non-hydrogen) atoms. The lowest BCUT2D eigenvalue weighted by molar-refractivity contribution is 0.0245. The lowest BCUT2D eigenvalue weighted by atomic mass is 9.62. The molecular weight excluding hydrogens is 302 g/mol. The minimum absolute atomic E-state index is 0.0751. The molecule has 1 aliphatic carbocycles. The van der Waals surface area contributed by atoms with Crippen LogP contribution in [0.15, 0.2) is 18.2 Å². The third-order valence-electron chi connectivity index (χ3n) is 5.63. The Morgan fingerprint density at radius 2 is 2.08 bits per heavy atom. The van der Waals surface area contributed by atoms with Gasteiger partial charge in [0.2, 0.25) is 5.91 Å². The second-order valence-electron chi connectivity index (χ2n) is 6.65. The van der Waals surface area contributed by atoms with Gasteiger partial charge in [0.25, 0.3) is 0 Å². The van der Waals surface area contributed by atoms with E-state index in [1.807, 2.05) is 18.2 Å². The highest BCUT2D eigenvalue weighted by Gasteiger charge is 2.46. The van der Waals surface area contributed by atoms with E-state index in [1.165, 1.54) is 11.1 Å². The van der Waals surface area contributed by atoms with Crippen LogP contribution in [0, 0.1) is 0 Å². The predicted molar refractivity (Wildman–Crippen MR) is 97.2 cm³/mol. The maximum Gasteiger partial charge on any atom is 0.248 e. The minimum Gasteiger partial charge on any atom is -0.379 e. The fraction of sp³-hybridized carbons (Fsp3) is 0.632. The summed E-state index contributed by atoms with van der Waals surface area (Å²) in [4.78, 5) is 11.7.